The number of hydrogen-bond donors (Lipinski definition) is 3. The Morgan fingerprint density at radius 2 is 1.76 bits per heavy atom. The van der Waals surface area contributed by atoms with Crippen LogP contribution in [0.25, 0.3) is 0 Å². The first kappa shape index (κ1) is 17.9. The summed E-state index contributed by atoms with van der Waals surface area (Å²) in [4.78, 5) is 0.276. The summed E-state index contributed by atoms with van der Waals surface area (Å²) in [5.41, 5.74) is 6.21. The molecule has 4 N–H and O–H groups in total. The minimum Gasteiger partial charge on any atom is -0.377 e. The molecule has 1 aromatic rings. The Kier molecular flexibility index (Phi) is 6.64. The Balaban J connectivity index is 3.16. The van der Waals surface area contributed by atoms with Gasteiger partial charge < -0.3 is 11.1 Å². The van der Waals surface area contributed by atoms with Gasteiger partial charge in [0.2, 0.25) is 10.0 Å². The molecule has 0 atom stereocenters. The molecular weight excluding hydrogens is 286 g/mol. The first-order valence-electron chi connectivity index (χ1n) is 7.51. The van der Waals surface area contributed by atoms with E-state index in [4.69, 9.17) is 5.73 Å². The van der Waals surface area contributed by atoms with Gasteiger partial charge in [-0.2, -0.15) is 0 Å². The average molecular weight is 313 g/mol. The number of para-hydroxylation sites is 1. The quantitative estimate of drug-likeness (QED) is 0.653. The van der Waals surface area contributed by atoms with Gasteiger partial charge in [-0.15, -0.1) is 0 Å². The normalized spacial score (nSPS) is 12.4. The monoisotopic (exact) mass is 313 g/mol. The average Bonchev–Trinajstić information content (AvgIpc) is 2.51. The van der Waals surface area contributed by atoms with Crippen molar-refractivity contribution in [2.24, 2.45) is 5.73 Å². The van der Waals surface area contributed by atoms with E-state index in [0.29, 0.717) is 18.8 Å². The smallest absolute Gasteiger partial charge is 0.242 e. The van der Waals surface area contributed by atoms with Crippen molar-refractivity contribution in [1.29, 1.82) is 0 Å². The second-order valence-electron chi connectivity index (χ2n) is 5.21. The van der Waals surface area contributed by atoms with Crippen molar-refractivity contribution < 1.29 is 8.42 Å². The van der Waals surface area contributed by atoms with E-state index in [-0.39, 0.29) is 10.4 Å². The SMILES string of the molecule is CCCNS(=O)(=O)c1ccccc1NC(CC)(CC)CN. The zero-order valence-corrected chi connectivity index (χ0v) is 14.0. The standard InChI is InChI=1S/C15H27N3O2S/c1-4-11-17-21(19,20)14-10-8-7-9-13(14)18-15(5-2,6-3)12-16/h7-10,17-18H,4-6,11-12,16H2,1-3H3. The lowest BCUT2D eigenvalue weighted by molar-refractivity contribution is 0.444. The molecule has 0 aliphatic rings. The Morgan fingerprint density at radius 1 is 1.14 bits per heavy atom. The fourth-order valence-electron chi connectivity index (χ4n) is 2.17. The molecule has 0 aromatic heterocycles. The third-order valence-electron chi connectivity index (χ3n) is 3.86. The summed E-state index contributed by atoms with van der Waals surface area (Å²) >= 11 is 0. The van der Waals surface area contributed by atoms with Gasteiger partial charge in [0.15, 0.2) is 0 Å². The van der Waals surface area contributed by atoms with Gasteiger partial charge >= 0.3 is 0 Å². The van der Waals surface area contributed by atoms with Crippen LogP contribution in [0.4, 0.5) is 5.69 Å². The van der Waals surface area contributed by atoms with E-state index in [1.807, 2.05) is 13.0 Å². The molecule has 0 aliphatic heterocycles. The third-order valence-corrected chi connectivity index (χ3v) is 5.38. The maximum atomic E-state index is 12.4. The van der Waals surface area contributed by atoms with E-state index in [9.17, 15) is 8.42 Å². The van der Waals surface area contributed by atoms with Crippen LogP contribution in [0.2, 0.25) is 0 Å². The first-order valence-corrected chi connectivity index (χ1v) is 9.00. The van der Waals surface area contributed by atoms with Crippen LogP contribution < -0.4 is 15.8 Å². The molecule has 0 fully saturated rings. The lowest BCUT2D eigenvalue weighted by Crippen LogP contribution is -2.44. The van der Waals surface area contributed by atoms with Crippen molar-refractivity contribution in [1.82, 2.24) is 4.72 Å². The van der Waals surface area contributed by atoms with Crippen LogP contribution in [0.1, 0.15) is 40.0 Å². The first-order chi connectivity index (χ1) is 9.94. The maximum absolute atomic E-state index is 12.4. The molecule has 0 amide bonds. The molecule has 0 aliphatic carbocycles. The fraction of sp³-hybridized carbons (Fsp3) is 0.600. The van der Waals surface area contributed by atoms with Gasteiger partial charge in [0.25, 0.3) is 0 Å². The number of anilines is 1. The van der Waals surface area contributed by atoms with Gasteiger partial charge in [-0.3, -0.25) is 0 Å². The highest BCUT2D eigenvalue weighted by molar-refractivity contribution is 7.89. The van der Waals surface area contributed by atoms with Crippen LogP contribution in [0.5, 0.6) is 0 Å². The topological polar surface area (TPSA) is 84.2 Å². The molecule has 0 saturated heterocycles. The van der Waals surface area contributed by atoms with Crippen molar-refractivity contribution in [3.05, 3.63) is 24.3 Å². The Labute approximate surface area is 128 Å². The zero-order chi connectivity index (χ0) is 15.9. The van der Waals surface area contributed by atoms with Crippen LogP contribution in [0.3, 0.4) is 0 Å². The van der Waals surface area contributed by atoms with Gasteiger partial charge in [-0.05, 0) is 31.4 Å². The van der Waals surface area contributed by atoms with Gasteiger partial charge in [0, 0.05) is 18.6 Å². The molecule has 0 saturated carbocycles. The number of nitrogens with two attached hydrogens (primary N) is 1. The molecule has 5 nitrogen and oxygen atoms in total. The molecule has 21 heavy (non-hydrogen) atoms. The van der Waals surface area contributed by atoms with Crippen molar-refractivity contribution >= 4 is 15.7 Å². The molecule has 1 aromatic carbocycles. The summed E-state index contributed by atoms with van der Waals surface area (Å²) in [5.74, 6) is 0. The third kappa shape index (κ3) is 4.43. The van der Waals surface area contributed by atoms with Crippen molar-refractivity contribution in [2.45, 2.75) is 50.5 Å². The van der Waals surface area contributed by atoms with Gasteiger partial charge in [-0.1, -0.05) is 32.9 Å². The summed E-state index contributed by atoms with van der Waals surface area (Å²) < 4.78 is 27.4. The minimum absolute atomic E-state index is 0.276. The predicted molar refractivity (Wildman–Crippen MR) is 87.9 cm³/mol. The predicted octanol–water partition coefficient (Wildman–Crippen LogP) is 2.30. The van der Waals surface area contributed by atoms with Crippen LogP contribution in [-0.4, -0.2) is 27.0 Å². The van der Waals surface area contributed by atoms with Crippen molar-refractivity contribution in [3.8, 4) is 0 Å². The van der Waals surface area contributed by atoms with Gasteiger partial charge in [0.1, 0.15) is 4.90 Å². The minimum atomic E-state index is -3.50. The summed E-state index contributed by atoms with van der Waals surface area (Å²) in [5, 5.41) is 3.35. The molecule has 0 bridgehead atoms. The Hall–Kier alpha value is -1.11. The van der Waals surface area contributed by atoms with E-state index in [1.165, 1.54) is 0 Å². The largest absolute Gasteiger partial charge is 0.377 e. The molecule has 120 valence electrons. The Morgan fingerprint density at radius 3 is 2.29 bits per heavy atom. The van der Waals surface area contributed by atoms with Crippen LogP contribution in [0.15, 0.2) is 29.2 Å². The summed E-state index contributed by atoms with van der Waals surface area (Å²) in [6, 6.07) is 6.96. The van der Waals surface area contributed by atoms with Gasteiger partial charge in [0.05, 0.1) is 5.69 Å². The van der Waals surface area contributed by atoms with E-state index in [1.54, 1.807) is 18.2 Å². The van der Waals surface area contributed by atoms with E-state index in [0.717, 1.165) is 19.3 Å². The van der Waals surface area contributed by atoms with Crippen molar-refractivity contribution in [3.63, 3.8) is 0 Å². The lowest BCUT2D eigenvalue weighted by Gasteiger charge is -2.33. The number of hydrogen-bond acceptors (Lipinski definition) is 4. The maximum Gasteiger partial charge on any atom is 0.242 e. The van der Waals surface area contributed by atoms with Crippen molar-refractivity contribution in [2.75, 3.05) is 18.4 Å². The van der Waals surface area contributed by atoms with Crippen LogP contribution in [-0.2, 0) is 10.0 Å². The highest BCUT2D eigenvalue weighted by Crippen LogP contribution is 2.27. The summed E-state index contributed by atoms with van der Waals surface area (Å²) in [6.07, 6.45) is 2.42. The van der Waals surface area contributed by atoms with Crippen LogP contribution >= 0.6 is 0 Å². The number of benzene rings is 1. The molecule has 1 rings (SSSR count). The lowest BCUT2D eigenvalue weighted by atomic mass is 9.92. The second kappa shape index (κ2) is 7.77. The molecule has 0 radical (unpaired) electrons. The molecule has 0 unspecified atom stereocenters. The highest BCUT2D eigenvalue weighted by atomic mass is 32.2. The number of sulfonamides is 1. The summed E-state index contributed by atoms with van der Waals surface area (Å²) in [7, 11) is -3.50. The van der Waals surface area contributed by atoms with Gasteiger partial charge in [-0.25, -0.2) is 13.1 Å². The Bertz CT molecular complexity index is 531. The molecular formula is C15H27N3O2S. The number of nitrogens with one attached hydrogen (secondary N) is 2. The second-order valence-corrected chi connectivity index (χ2v) is 6.95. The van der Waals surface area contributed by atoms with E-state index in [2.05, 4.69) is 23.9 Å². The fourth-order valence-corrected chi connectivity index (χ4v) is 3.47. The zero-order valence-electron chi connectivity index (χ0n) is 13.1. The molecule has 0 spiro atoms. The number of rotatable bonds is 9. The highest BCUT2D eigenvalue weighted by Gasteiger charge is 2.27. The molecule has 0 heterocycles. The van der Waals surface area contributed by atoms with E-state index < -0.39 is 10.0 Å². The van der Waals surface area contributed by atoms with Crippen LogP contribution in [0, 0.1) is 0 Å². The molecule has 6 heteroatoms. The van der Waals surface area contributed by atoms with E-state index >= 15 is 0 Å². The summed E-state index contributed by atoms with van der Waals surface area (Å²) in [6.45, 7) is 6.92.